The van der Waals surface area contributed by atoms with Gasteiger partial charge in [0.1, 0.15) is 0 Å². The minimum absolute atomic E-state index is 0.127. The average Bonchev–Trinajstić information content (AvgIpc) is 2.99. The van der Waals surface area contributed by atoms with Crippen molar-refractivity contribution in [2.24, 2.45) is 0 Å². The van der Waals surface area contributed by atoms with E-state index in [-0.39, 0.29) is 24.0 Å². The van der Waals surface area contributed by atoms with Crippen molar-refractivity contribution in [3.8, 4) is 11.8 Å². The molecule has 1 aliphatic rings. The molecule has 5 nitrogen and oxygen atoms in total. The number of benzene rings is 1. The number of nitriles is 1. The molecule has 2 aromatic rings. The largest absolute Gasteiger partial charge is 0.393 e. The first kappa shape index (κ1) is 21.3. The molecular formula is C24H31N3O2. The molecule has 0 saturated carbocycles. The molecule has 29 heavy (non-hydrogen) atoms. The van der Waals surface area contributed by atoms with Crippen molar-refractivity contribution in [2.45, 2.75) is 71.6 Å². The summed E-state index contributed by atoms with van der Waals surface area (Å²) in [7, 11) is 0. The number of carbonyl (C=O) groups is 1. The molecule has 1 unspecified atom stereocenters. The van der Waals surface area contributed by atoms with Gasteiger partial charge in [-0.3, -0.25) is 9.69 Å². The fourth-order valence-electron chi connectivity index (χ4n) is 4.71. The van der Waals surface area contributed by atoms with E-state index in [2.05, 4.69) is 29.4 Å². The number of aliphatic hydroxyl groups is 1. The lowest BCUT2D eigenvalue weighted by Gasteiger charge is -2.42. The number of hydrogen-bond donors (Lipinski definition) is 1. The second kappa shape index (κ2) is 8.94. The number of aryl methyl sites for hydroxylation is 1. The predicted octanol–water partition coefficient (Wildman–Crippen LogP) is 4.16. The van der Waals surface area contributed by atoms with Crippen LogP contribution in [0.5, 0.6) is 0 Å². The van der Waals surface area contributed by atoms with Gasteiger partial charge in [-0.15, -0.1) is 0 Å². The number of carbonyl (C=O) groups excluding carboxylic acids is 1. The zero-order valence-corrected chi connectivity index (χ0v) is 17.9. The van der Waals surface area contributed by atoms with E-state index in [4.69, 9.17) is 5.26 Å². The maximum absolute atomic E-state index is 13.2. The van der Waals surface area contributed by atoms with Crippen LogP contribution in [0.4, 0.5) is 0 Å². The normalized spacial score (nSPS) is 22.4. The number of nitrogens with zero attached hydrogens (tertiary/aromatic N) is 3. The number of aromatic nitrogens is 1. The van der Waals surface area contributed by atoms with Crippen LogP contribution in [-0.2, 0) is 0 Å². The topological polar surface area (TPSA) is 69.3 Å². The van der Waals surface area contributed by atoms with Gasteiger partial charge in [-0.2, -0.15) is 5.26 Å². The molecule has 1 N–H and O–H groups in total. The van der Waals surface area contributed by atoms with Gasteiger partial charge in [0.15, 0.2) is 5.78 Å². The molecule has 1 aromatic carbocycles. The van der Waals surface area contributed by atoms with E-state index in [1.54, 1.807) is 12.1 Å². The van der Waals surface area contributed by atoms with Gasteiger partial charge < -0.3 is 9.67 Å². The highest BCUT2D eigenvalue weighted by atomic mass is 16.3. The van der Waals surface area contributed by atoms with E-state index in [0.29, 0.717) is 12.1 Å². The van der Waals surface area contributed by atoms with E-state index in [9.17, 15) is 9.90 Å². The van der Waals surface area contributed by atoms with Crippen LogP contribution < -0.4 is 0 Å². The fourth-order valence-corrected chi connectivity index (χ4v) is 4.71. The summed E-state index contributed by atoms with van der Waals surface area (Å²) in [6.07, 6.45) is 3.24. The van der Waals surface area contributed by atoms with Crippen molar-refractivity contribution in [3.63, 3.8) is 0 Å². The van der Waals surface area contributed by atoms with Gasteiger partial charge in [-0.05, 0) is 70.4 Å². The van der Waals surface area contributed by atoms with Crippen molar-refractivity contribution in [1.82, 2.24) is 9.47 Å². The Morgan fingerprint density at radius 2 is 1.93 bits per heavy atom. The van der Waals surface area contributed by atoms with Gasteiger partial charge in [0.25, 0.3) is 0 Å². The molecule has 0 aliphatic carbocycles. The third kappa shape index (κ3) is 4.44. The van der Waals surface area contributed by atoms with Crippen LogP contribution in [0.15, 0.2) is 30.3 Å². The van der Waals surface area contributed by atoms with Gasteiger partial charge >= 0.3 is 0 Å². The summed E-state index contributed by atoms with van der Waals surface area (Å²) in [4.78, 5) is 15.5. The molecule has 3 rings (SSSR count). The standard InChI is InChI=1S/C24H31N3O2/c1-5-6-21-13-22(28)11-16(2)26(21)15-24(29)23-12-17(3)27(18(23)4)20-9-7-19(14-25)8-10-20/h7-10,12,16,21-22,28H,5-6,11,13,15H2,1-4H3/t16?,21-,22+/m1/s1. The number of rotatable bonds is 6. The Balaban J connectivity index is 1.85. The smallest absolute Gasteiger partial charge is 0.178 e. The predicted molar refractivity (Wildman–Crippen MR) is 114 cm³/mol. The van der Waals surface area contributed by atoms with Crippen LogP contribution in [0, 0.1) is 25.2 Å². The lowest BCUT2D eigenvalue weighted by molar-refractivity contribution is 0.00553. The Labute approximate surface area is 173 Å². The molecule has 1 fully saturated rings. The van der Waals surface area contributed by atoms with Crippen LogP contribution in [0.25, 0.3) is 5.69 Å². The number of piperidine rings is 1. The first-order chi connectivity index (χ1) is 13.8. The van der Waals surface area contributed by atoms with Gasteiger partial charge in [0.2, 0.25) is 0 Å². The SMILES string of the molecule is CCC[C@@H]1C[C@@H](O)CC(C)N1CC(=O)c1cc(C)n(-c2ccc(C#N)cc2)c1C. The Bertz CT molecular complexity index is 907. The summed E-state index contributed by atoms with van der Waals surface area (Å²) in [6.45, 7) is 8.62. The minimum atomic E-state index is -0.269. The van der Waals surface area contributed by atoms with E-state index in [1.807, 2.05) is 32.0 Å². The lowest BCUT2D eigenvalue weighted by atomic mass is 9.90. The zero-order chi connectivity index (χ0) is 21.1. The first-order valence-electron chi connectivity index (χ1n) is 10.5. The molecule has 0 spiro atoms. The Kier molecular flexibility index (Phi) is 6.56. The number of likely N-dealkylation sites (tertiary alicyclic amines) is 1. The van der Waals surface area contributed by atoms with Crippen molar-refractivity contribution in [1.29, 1.82) is 5.26 Å². The van der Waals surface area contributed by atoms with Crippen molar-refractivity contribution >= 4 is 5.78 Å². The van der Waals surface area contributed by atoms with Crippen LogP contribution >= 0.6 is 0 Å². The first-order valence-corrected chi connectivity index (χ1v) is 10.5. The maximum Gasteiger partial charge on any atom is 0.178 e. The van der Waals surface area contributed by atoms with Gasteiger partial charge in [-0.1, -0.05) is 13.3 Å². The van der Waals surface area contributed by atoms with Gasteiger partial charge in [0.05, 0.1) is 24.3 Å². The molecule has 1 saturated heterocycles. The molecule has 1 aliphatic heterocycles. The highest BCUT2D eigenvalue weighted by molar-refractivity contribution is 5.99. The maximum atomic E-state index is 13.2. The number of hydrogen-bond acceptors (Lipinski definition) is 4. The second-order valence-electron chi connectivity index (χ2n) is 8.29. The third-order valence-corrected chi connectivity index (χ3v) is 6.13. The molecular weight excluding hydrogens is 362 g/mol. The number of aliphatic hydroxyl groups excluding tert-OH is 1. The molecule has 5 heteroatoms. The average molecular weight is 394 g/mol. The van der Waals surface area contributed by atoms with Crippen LogP contribution in [-0.4, -0.2) is 45.1 Å². The highest BCUT2D eigenvalue weighted by Crippen LogP contribution is 2.28. The summed E-state index contributed by atoms with van der Waals surface area (Å²) in [5.41, 5.74) is 4.25. The Morgan fingerprint density at radius 3 is 2.55 bits per heavy atom. The molecule has 0 radical (unpaired) electrons. The molecule has 1 aromatic heterocycles. The van der Waals surface area contributed by atoms with Gasteiger partial charge in [0, 0.05) is 34.7 Å². The lowest BCUT2D eigenvalue weighted by Crippen LogP contribution is -2.51. The summed E-state index contributed by atoms with van der Waals surface area (Å²) in [5.74, 6) is 0.127. The third-order valence-electron chi connectivity index (χ3n) is 6.13. The van der Waals surface area contributed by atoms with Crippen LogP contribution in [0.3, 0.4) is 0 Å². The molecule has 0 amide bonds. The summed E-state index contributed by atoms with van der Waals surface area (Å²) in [5, 5.41) is 19.2. The van der Waals surface area contributed by atoms with E-state index < -0.39 is 0 Å². The Hall–Kier alpha value is -2.42. The highest BCUT2D eigenvalue weighted by Gasteiger charge is 2.33. The summed E-state index contributed by atoms with van der Waals surface area (Å²) >= 11 is 0. The van der Waals surface area contributed by atoms with Crippen molar-refractivity contribution in [3.05, 3.63) is 52.8 Å². The Morgan fingerprint density at radius 1 is 1.24 bits per heavy atom. The zero-order valence-electron chi connectivity index (χ0n) is 17.9. The summed E-state index contributed by atoms with van der Waals surface area (Å²) in [6, 6.07) is 12.0. The minimum Gasteiger partial charge on any atom is -0.393 e. The molecule has 3 atom stereocenters. The van der Waals surface area contributed by atoms with E-state index in [0.717, 1.165) is 48.3 Å². The van der Waals surface area contributed by atoms with Crippen LogP contribution in [0.1, 0.15) is 66.8 Å². The molecule has 154 valence electrons. The number of Topliss-reactive ketones (excluding diaryl/α,β-unsaturated/α-hetero) is 1. The molecule has 2 heterocycles. The van der Waals surface area contributed by atoms with Crippen molar-refractivity contribution < 1.29 is 9.90 Å². The van der Waals surface area contributed by atoms with E-state index >= 15 is 0 Å². The van der Waals surface area contributed by atoms with Crippen molar-refractivity contribution in [2.75, 3.05) is 6.54 Å². The summed E-state index contributed by atoms with van der Waals surface area (Å²) < 4.78 is 2.07. The second-order valence-corrected chi connectivity index (χ2v) is 8.29. The van der Waals surface area contributed by atoms with Crippen LogP contribution in [0.2, 0.25) is 0 Å². The van der Waals surface area contributed by atoms with Gasteiger partial charge in [-0.25, -0.2) is 0 Å². The quantitative estimate of drug-likeness (QED) is 0.748. The van der Waals surface area contributed by atoms with E-state index in [1.165, 1.54) is 0 Å². The number of ketones is 1. The monoisotopic (exact) mass is 393 g/mol. The molecule has 0 bridgehead atoms. The fraction of sp³-hybridized carbons (Fsp3) is 0.500.